The highest BCUT2D eigenvalue weighted by molar-refractivity contribution is 9.11. The van der Waals surface area contributed by atoms with Crippen molar-refractivity contribution >= 4 is 39.2 Å². The first kappa shape index (κ1) is 7.18. The second kappa shape index (κ2) is 2.87. The van der Waals surface area contributed by atoms with Crippen molar-refractivity contribution in [1.29, 1.82) is 0 Å². The van der Waals surface area contributed by atoms with Gasteiger partial charge in [-0.05, 0) is 28.1 Å². The first-order valence-electron chi connectivity index (χ1n) is 3.20. The highest BCUT2D eigenvalue weighted by Gasteiger charge is 2.07. The van der Waals surface area contributed by atoms with Crippen LogP contribution in [0.5, 0.6) is 0 Å². The summed E-state index contributed by atoms with van der Waals surface area (Å²) in [7, 11) is 0. The van der Waals surface area contributed by atoms with Crippen LogP contribution in [-0.2, 0) is 0 Å². The Balaban J connectivity index is 2.30. The first-order valence-corrected chi connectivity index (χ1v) is 4.81. The van der Waals surface area contributed by atoms with E-state index in [-0.39, 0.29) is 0 Å². The van der Waals surface area contributed by atoms with Crippen LogP contribution in [0.15, 0.2) is 26.1 Å². The summed E-state index contributed by atoms with van der Waals surface area (Å²) in [6.07, 6.45) is 2.69. The van der Waals surface area contributed by atoms with E-state index >= 15 is 0 Å². The number of halogens is 1. The van der Waals surface area contributed by atoms with E-state index in [0.717, 1.165) is 15.9 Å². The van der Waals surface area contributed by atoms with Gasteiger partial charge in [0, 0.05) is 12.6 Å². The van der Waals surface area contributed by atoms with E-state index in [1.165, 1.54) is 4.88 Å². The minimum Gasteiger partial charge on any atom is -0.163 e. The highest BCUT2D eigenvalue weighted by atomic mass is 79.9. The lowest BCUT2D eigenvalue weighted by Crippen LogP contribution is -1.92. The molecule has 0 radical (unpaired) electrons. The zero-order chi connectivity index (χ0) is 7.68. The van der Waals surface area contributed by atoms with Crippen LogP contribution in [-0.4, -0.2) is 11.9 Å². The van der Waals surface area contributed by atoms with Gasteiger partial charge in [0.15, 0.2) is 0 Å². The Labute approximate surface area is 76.8 Å². The van der Waals surface area contributed by atoms with Crippen molar-refractivity contribution in [2.75, 3.05) is 0 Å². The van der Waals surface area contributed by atoms with Gasteiger partial charge in [0.25, 0.3) is 0 Å². The predicted octanol–water partition coefficient (Wildman–Crippen LogP) is 2.69. The number of thiophene rings is 1. The van der Waals surface area contributed by atoms with E-state index < -0.39 is 0 Å². The molecule has 0 fully saturated rings. The van der Waals surface area contributed by atoms with Crippen LogP contribution in [0.3, 0.4) is 0 Å². The molecule has 2 nitrogen and oxygen atoms in total. The van der Waals surface area contributed by atoms with Crippen molar-refractivity contribution in [3.63, 3.8) is 0 Å². The zero-order valence-corrected chi connectivity index (χ0v) is 8.02. The van der Waals surface area contributed by atoms with Gasteiger partial charge in [-0.2, -0.15) is 10.2 Å². The van der Waals surface area contributed by atoms with Gasteiger partial charge in [-0.3, -0.25) is 0 Å². The Bertz CT molecular complexity index is 327. The average molecular weight is 229 g/mol. The fourth-order valence-electron chi connectivity index (χ4n) is 0.898. The van der Waals surface area contributed by atoms with Crippen LogP contribution in [0, 0.1) is 0 Å². The topological polar surface area (TPSA) is 24.7 Å². The molecule has 2 heterocycles. The summed E-state index contributed by atoms with van der Waals surface area (Å²) in [4.78, 5) is 1.20. The van der Waals surface area contributed by atoms with E-state index in [9.17, 15) is 0 Å². The Morgan fingerprint density at radius 2 is 2.36 bits per heavy atom. The van der Waals surface area contributed by atoms with Crippen LogP contribution in [0.25, 0.3) is 0 Å². The van der Waals surface area contributed by atoms with Crippen molar-refractivity contribution in [2.24, 2.45) is 10.2 Å². The molecule has 4 heteroatoms. The summed E-state index contributed by atoms with van der Waals surface area (Å²) in [5, 5.41) is 7.80. The summed E-state index contributed by atoms with van der Waals surface area (Å²) >= 11 is 5.09. The molecule has 2 rings (SSSR count). The molecule has 0 aromatic carbocycles. The van der Waals surface area contributed by atoms with E-state index in [1.54, 1.807) is 11.3 Å². The first-order chi connectivity index (χ1) is 5.36. The summed E-state index contributed by atoms with van der Waals surface area (Å²) < 4.78 is 1.14. The molecule has 0 atom stereocenters. The average Bonchev–Trinajstić information content (AvgIpc) is 2.55. The van der Waals surface area contributed by atoms with Crippen LogP contribution >= 0.6 is 27.3 Å². The second-order valence-electron chi connectivity index (χ2n) is 2.15. The van der Waals surface area contributed by atoms with Gasteiger partial charge in [-0.15, -0.1) is 11.3 Å². The third-order valence-electron chi connectivity index (χ3n) is 1.40. The SMILES string of the molecule is Brc1ccc(C2=NN=CC2)s1. The molecule has 0 N–H and O–H groups in total. The Kier molecular flexibility index (Phi) is 1.87. The van der Waals surface area contributed by atoms with Crippen molar-refractivity contribution in [3.05, 3.63) is 20.8 Å². The number of nitrogens with zero attached hydrogens (tertiary/aromatic N) is 2. The van der Waals surface area contributed by atoms with E-state index in [4.69, 9.17) is 0 Å². The van der Waals surface area contributed by atoms with Gasteiger partial charge in [-0.25, -0.2) is 0 Å². The van der Waals surface area contributed by atoms with Gasteiger partial charge in [0.05, 0.1) is 14.4 Å². The number of hydrogen-bond acceptors (Lipinski definition) is 3. The summed E-state index contributed by atoms with van der Waals surface area (Å²) in [6.45, 7) is 0. The predicted molar refractivity (Wildman–Crippen MR) is 51.7 cm³/mol. The lowest BCUT2D eigenvalue weighted by atomic mass is 10.2. The molecule has 0 bridgehead atoms. The third-order valence-corrected chi connectivity index (χ3v) is 3.08. The van der Waals surface area contributed by atoms with Crippen molar-refractivity contribution < 1.29 is 0 Å². The van der Waals surface area contributed by atoms with Crippen molar-refractivity contribution in [2.45, 2.75) is 6.42 Å². The van der Waals surface area contributed by atoms with Gasteiger partial charge in [0.1, 0.15) is 0 Å². The smallest absolute Gasteiger partial charge is 0.0856 e. The lowest BCUT2D eigenvalue weighted by molar-refractivity contribution is 1.28. The van der Waals surface area contributed by atoms with E-state index in [1.807, 2.05) is 12.3 Å². The van der Waals surface area contributed by atoms with Gasteiger partial charge in [-0.1, -0.05) is 0 Å². The van der Waals surface area contributed by atoms with E-state index in [0.29, 0.717) is 0 Å². The molecule has 1 aliphatic rings. The molecule has 1 aromatic heterocycles. The van der Waals surface area contributed by atoms with Gasteiger partial charge >= 0.3 is 0 Å². The molecular weight excluding hydrogens is 224 g/mol. The molecule has 0 saturated carbocycles. The summed E-state index contributed by atoms with van der Waals surface area (Å²) in [5.74, 6) is 0. The maximum absolute atomic E-state index is 3.99. The standard InChI is InChI=1S/C7H5BrN2S/c8-7-2-1-6(11-7)5-3-4-9-10-5/h1-2,4H,3H2. The molecular formula is C7H5BrN2S. The van der Waals surface area contributed by atoms with Crippen LogP contribution in [0.1, 0.15) is 11.3 Å². The monoisotopic (exact) mass is 228 g/mol. The molecule has 0 saturated heterocycles. The normalized spacial score (nSPS) is 15.5. The van der Waals surface area contributed by atoms with Crippen molar-refractivity contribution in [3.8, 4) is 0 Å². The summed E-state index contributed by atoms with van der Waals surface area (Å²) in [5.41, 5.74) is 1.07. The molecule has 0 unspecified atom stereocenters. The maximum atomic E-state index is 3.99. The summed E-state index contributed by atoms with van der Waals surface area (Å²) in [6, 6.07) is 4.09. The Morgan fingerprint density at radius 1 is 1.45 bits per heavy atom. The molecule has 56 valence electrons. The second-order valence-corrected chi connectivity index (χ2v) is 4.62. The van der Waals surface area contributed by atoms with Crippen molar-refractivity contribution in [1.82, 2.24) is 0 Å². The van der Waals surface area contributed by atoms with Gasteiger partial charge < -0.3 is 0 Å². The van der Waals surface area contributed by atoms with E-state index in [2.05, 4.69) is 32.2 Å². The van der Waals surface area contributed by atoms with Crippen LogP contribution in [0.2, 0.25) is 0 Å². The number of rotatable bonds is 1. The largest absolute Gasteiger partial charge is 0.163 e. The quantitative estimate of drug-likeness (QED) is 0.707. The highest BCUT2D eigenvalue weighted by Crippen LogP contribution is 2.24. The molecule has 0 spiro atoms. The lowest BCUT2D eigenvalue weighted by Gasteiger charge is -1.89. The molecule has 1 aromatic rings. The van der Waals surface area contributed by atoms with Crippen LogP contribution in [0.4, 0.5) is 0 Å². The molecule has 0 aliphatic carbocycles. The Morgan fingerprint density at radius 3 is 2.91 bits per heavy atom. The zero-order valence-electron chi connectivity index (χ0n) is 5.62. The third kappa shape index (κ3) is 1.41. The molecule has 0 amide bonds. The Hall–Kier alpha value is -0.480. The molecule has 11 heavy (non-hydrogen) atoms. The maximum Gasteiger partial charge on any atom is 0.0856 e. The minimum atomic E-state index is 0.868. The minimum absolute atomic E-state index is 0.868. The van der Waals surface area contributed by atoms with Crippen LogP contribution < -0.4 is 0 Å². The van der Waals surface area contributed by atoms with Gasteiger partial charge in [0.2, 0.25) is 0 Å². The number of hydrogen-bond donors (Lipinski definition) is 0. The molecule has 1 aliphatic heterocycles. The fourth-order valence-corrected chi connectivity index (χ4v) is 2.28. The fraction of sp³-hybridized carbons (Fsp3) is 0.143.